The van der Waals surface area contributed by atoms with Gasteiger partial charge in [0.05, 0.1) is 0 Å². The summed E-state index contributed by atoms with van der Waals surface area (Å²) in [6.45, 7) is 0.926. The highest BCUT2D eigenvalue weighted by molar-refractivity contribution is 9.11. The predicted molar refractivity (Wildman–Crippen MR) is 177 cm³/mol. The summed E-state index contributed by atoms with van der Waals surface area (Å²) in [6.07, 6.45) is -9.04. The molecule has 0 aromatic heterocycles. The summed E-state index contributed by atoms with van der Waals surface area (Å²) in [5.41, 5.74) is 11.4. The number of rotatable bonds is 10. The van der Waals surface area contributed by atoms with Crippen LogP contribution in [0.3, 0.4) is 0 Å². The average Bonchev–Trinajstić information content (AvgIpc) is 2.95. The molecule has 0 aliphatic carbocycles. The van der Waals surface area contributed by atoms with Crippen LogP contribution < -0.4 is 11.5 Å². The fourth-order valence-corrected chi connectivity index (χ4v) is 7.09. The summed E-state index contributed by atoms with van der Waals surface area (Å²) in [4.78, 5) is 61.6. The second-order valence-electron chi connectivity index (χ2n) is 10.1. The van der Waals surface area contributed by atoms with Crippen molar-refractivity contribution >= 4 is 93.5 Å². The van der Waals surface area contributed by atoms with Crippen LogP contribution in [0.2, 0.25) is 0 Å². The van der Waals surface area contributed by atoms with Crippen molar-refractivity contribution in [2.24, 2.45) is 16.9 Å². The first kappa shape index (κ1) is 44.4. The van der Waals surface area contributed by atoms with Gasteiger partial charge in [-0.3, -0.25) is 19.4 Å². The number of carboxylic acid groups (broad SMARTS) is 2. The lowest BCUT2D eigenvalue weighted by molar-refractivity contribution is -0.193. The van der Waals surface area contributed by atoms with Gasteiger partial charge in [-0.2, -0.15) is 26.3 Å². The Morgan fingerprint density at radius 1 is 0.633 bits per heavy atom. The van der Waals surface area contributed by atoms with Gasteiger partial charge in [0.25, 0.3) is 0 Å². The van der Waals surface area contributed by atoms with Crippen LogP contribution in [0, 0.1) is 5.41 Å². The van der Waals surface area contributed by atoms with Gasteiger partial charge in [0, 0.05) is 31.0 Å². The van der Waals surface area contributed by atoms with E-state index in [1.165, 1.54) is 9.80 Å². The van der Waals surface area contributed by atoms with Crippen LogP contribution in [0.25, 0.3) is 0 Å². The van der Waals surface area contributed by atoms with Gasteiger partial charge in [-0.1, -0.05) is 63.7 Å². The van der Waals surface area contributed by atoms with Crippen LogP contribution in [-0.4, -0.2) is 88.3 Å². The lowest BCUT2D eigenvalue weighted by Crippen LogP contribution is -2.67. The molecule has 6 N–H and O–H groups in total. The Morgan fingerprint density at radius 3 is 1.12 bits per heavy atom. The minimum atomic E-state index is -5.08. The van der Waals surface area contributed by atoms with E-state index in [9.17, 15) is 40.7 Å². The van der Waals surface area contributed by atoms with Gasteiger partial charge < -0.3 is 21.7 Å². The summed E-state index contributed by atoms with van der Waals surface area (Å²) in [5.74, 6) is -6.52. The van der Waals surface area contributed by atoms with Crippen molar-refractivity contribution in [3.8, 4) is 0 Å². The van der Waals surface area contributed by atoms with Gasteiger partial charge in [0.2, 0.25) is 11.8 Å². The van der Waals surface area contributed by atoms with E-state index in [1.54, 1.807) is 0 Å². The van der Waals surface area contributed by atoms with Gasteiger partial charge in [-0.25, -0.2) is 14.4 Å². The molecular formula is C28H28Br4F6N4O7. The fourth-order valence-electron chi connectivity index (χ4n) is 4.31. The van der Waals surface area contributed by atoms with Crippen molar-refractivity contribution in [2.45, 2.75) is 38.0 Å². The largest absolute Gasteiger partial charge is 0.490 e. The number of urea groups is 1. The molecule has 4 amide bonds. The van der Waals surface area contributed by atoms with Crippen LogP contribution in [0.1, 0.15) is 24.0 Å². The Morgan fingerprint density at radius 2 is 0.898 bits per heavy atom. The van der Waals surface area contributed by atoms with E-state index in [0.29, 0.717) is 25.9 Å². The highest BCUT2D eigenvalue weighted by Crippen LogP contribution is 2.39. The molecule has 0 unspecified atom stereocenters. The monoisotopic (exact) mass is 962 g/mol. The van der Waals surface area contributed by atoms with Gasteiger partial charge in [-0.05, 0) is 86.3 Å². The first-order valence-electron chi connectivity index (χ1n) is 13.6. The van der Waals surface area contributed by atoms with Crippen LogP contribution in [-0.2, 0) is 32.0 Å². The van der Waals surface area contributed by atoms with Crippen molar-refractivity contribution < 1.29 is 60.5 Å². The molecule has 272 valence electrons. The molecule has 11 nitrogen and oxygen atoms in total. The maximum atomic E-state index is 14.1. The number of amides is 4. The van der Waals surface area contributed by atoms with E-state index in [4.69, 9.17) is 31.3 Å². The molecule has 1 saturated heterocycles. The van der Waals surface area contributed by atoms with E-state index in [2.05, 4.69) is 63.7 Å². The molecule has 1 aliphatic heterocycles. The summed E-state index contributed by atoms with van der Waals surface area (Å²) in [6, 6.07) is 10.7. The molecule has 0 saturated carbocycles. The Balaban J connectivity index is 0.000000717. The number of carbonyl (C=O) groups excluding carboxylic acids is 3. The van der Waals surface area contributed by atoms with E-state index in [-0.39, 0.29) is 25.9 Å². The van der Waals surface area contributed by atoms with Gasteiger partial charge in [0.1, 0.15) is 5.41 Å². The smallest absolute Gasteiger partial charge is 0.475 e. The third-order valence-electron chi connectivity index (χ3n) is 6.28. The van der Waals surface area contributed by atoms with Crippen molar-refractivity contribution in [3.63, 3.8) is 0 Å². The topological polar surface area (TPSA) is 184 Å². The molecule has 21 heteroatoms. The number of benzene rings is 2. The van der Waals surface area contributed by atoms with Crippen LogP contribution in [0.4, 0.5) is 31.1 Å². The van der Waals surface area contributed by atoms with Gasteiger partial charge >= 0.3 is 30.3 Å². The molecule has 0 atom stereocenters. The highest BCUT2D eigenvalue weighted by Gasteiger charge is 2.57. The van der Waals surface area contributed by atoms with E-state index in [0.717, 1.165) is 29.0 Å². The predicted octanol–water partition coefficient (Wildman–Crippen LogP) is 6.26. The summed E-state index contributed by atoms with van der Waals surface area (Å²) >= 11 is 14.0. The molecule has 0 spiro atoms. The zero-order valence-corrected chi connectivity index (χ0v) is 31.2. The molecule has 0 bridgehead atoms. The summed E-state index contributed by atoms with van der Waals surface area (Å²) in [7, 11) is 0. The first-order chi connectivity index (χ1) is 22.5. The number of carboxylic acids is 2. The number of carbonyl (C=O) groups is 5. The fraction of sp³-hybridized carbons (Fsp3) is 0.393. The summed E-state index contributed by atoms with van der Waals surface area (Å²) in [5, 5.41) is 14.2. The second-order valence-corrected chi connectivity index (χ2v) is 13.7. The molecule has 2 aromatic rings. The van der Waals surface area contributed by atoms with Crippen molar-refractivity contribution in [1.29, 1.82) is 0 Å². The maximum Gasteiger partial charge on any atom is 0.490 e. The van der Waals surface area contributed by atoms with Crippen molar-refractivity contribution in [1.82, 2.24) is 9.80 Å². The number of nitrogens with two attached hydrogens (primary N) is 2. The summed E-state index contributed by atoms with van der Waals surface area (Å²) < 4.78 is 66.7. The molecule has 1 aliphatic rings. The van der Waals surface area contributed by atoms with E-state index >= 15 is 0 Å². The van der Waals surface area contributed by atoms with Crippen LogP contribution in [0.15, 0.2) is 54.3 Å². The zero-order chi connectivity index (χ0) is 37.9. The van der Waals surface area contributed by atoms with E-state index < -0.39 is 47.6 Å². The van der Waals surface area contributed by atoms with E-state index in [1.807, 2.05) is 36.4 Å². The lowest BCUT2D eigenvalue weighted by atomic mass is 9.72. The number of alkyl halides is 6. The second kappa shape index (κ2) is 19.1. The normalized spacial score (nSPS) is 14.5. The first-order valence-corrected chi connectivity index (χ1v) is 16.8. The Kier molecular flexibility index (Phi) is 17.4. The molecule has 1 fully saturated rings. The maximum absolute atomic E-state index is 14.1. The molecule has 1 heterocycles. The Hall–Kier alpha value is -2.59. The average molecular weight is 966 g/mol. The number of barbiturate groups is 1. The number of hydrogen-bond acceptors (Lipinski definition) is 7. The SMILES string of the molecule is NCCCN1C(=O)N(CCCN)C(=O)C(Cc2cc(Br)cc(Br)c2)(Cc2cc(Br)cc(Br)c2)C1=O.O=C(O)C(F)(F)F.O=C(O)C(F)(F)F. The number of halogens is 10. The van der Waals surface area contributed by atoms with Crippen LogP contribution >= 0.6 is 63.7 Å². The quantitative estimate of drug-likeness (QED) is 0.158. The molecule has 49 heavy (non-hydrogen) atoms. The highest BCUT2D eigenvalue weighted by atomic mass is 79.9. The molecule has 0 radical (unpaired) electrons. The molecule has 2 aromatic carbocycles. The van der Waals surface area contributed by atoms with Gasteiger partial charge in [-0.15, -0.1) is 0 Å². The minimum Gasteiger partial charge on any atom is -0.475 e. The lowest BCUT2D eigenvalue weighted by Gasteiger charge is -2.44. The Bertz CT molecular complexity index is 1380. The molecule has 3 rings (SSSR count). The van der Waals surface area contributed by atoms with Crippen LogP contribution in [0.5, 0.6) is 0 Å². The number of hydrogen-bond donors (Lipinski definition) is 4. The zero-order valence-electron chi connectivity index (χ0n) is 24.9. The number of aliphatic carboxylic acids is 2. The number of imide groups is 2. The van der Waals surface area contributed by atoms with Crippen molar-refractivity contribution in [2.75, 3.05) is 26.2 Å². The van der Waals surface area contributed by atoms with Gasteiger partial charge in [0.15, 0.2) is 0 Å². The molecular weight excluding hydrogens is 938 g/mol. The Labute approximate surface area is 308 Å². The third kappa shape index (κ3) is 13.6. The van der Waals surface area contributed by atoms with Crippen molar-refractivity contribution in [3.05, 3.63) is 65.4 Å². The third-order valence-corrected chi connectivity index (χ3v) is 8.12. The number of nitrogens with zero attached hydrogens (tertiary/aromatic N) is 2. The minimum absolute atomic E-state index is 0.123. The standard InChI is InChI=1S/C24H26Br4N4O3.2C2HF3O2/c25-17-7-15(8-18(26)11-17)13-24(14-16-9-19(27)12-20(28)10-16)21(33)31(5-1-3-29)23(35)32(22(24)34)6-2-4-30;2*3-2(4,5)1(6)7/h7-12H,1-6,13-14,29-30H2;2*(H,6,7).